The Morgan fingerprint density at radius 3 is 1.94 bits per heavy atom. The lowest BCUT2D eigenvalue weighted by Crippen LogP contribution is -2.58. The zero-order valence-electron chi connectivity index (χ0n) is 19.6. The number of carboxylic acid groups (broad SMARTS) is 1. The Kier molecular flexibility index (Phi) is 12.0. The van der Waals surface area contributed by atoms with Gasteiger partial charge in [0.1, 0.15) is 23.9 Å². The van der Waals surface area contributed by atoms with Gasteiger partial charge in [-0.1, -0.05) is 32.4 Å². The van der Waals surface area contributed by atoms with E-state index in [1.54, 1.807) is 6.92 Å². The first kappa shape index (κ1) is 29.7. The summed E-state index contributed by atoms with van der Waals surface area (Å²) in [6.07, 6.45) is -0.0910. The van der Waals surface area contributed by atoms with E-state index in [0.29, 0.717) is 12.0 Å². The number of nitrogens with two attached hydrogens (primary N) is 2. The SMILES string of the molecule is CCC(C)C(N)C(=O)NC(CS)C(=O)NC(CC(N)=O)C(=O)NC(Cc1ccc(O)cc1)C(=O)O. The van der Waals surface area contributed by atoms with Gasteiger partial charge >= 0.3 is 5.97 Å². The van der Waals surface area contributed by atoms with Crippen LogP contribution < -0.4 is 27.4 Å². The van der Waals surface area contributed by atoms with Gasteiger partial charge in [-0.05, 0) is 23.6 Å². The van der Waals surface area contributed by atoms with E-state index in [0.717, 1.165) is 0 Å². The van der Waals surface area contributed by atoms with E-state index in [9.17, 15) is 34.2 Å². The molecule has 0 saturated carbocycles. The summed E-state index contributed by atoms with van der Waals surface area (Å²) in [5.41, 5.74) is 11.6. The molecule has 4 amide bonds. The Morgan fingerprint density at radius 2 is 1.46 bits per heavy atom. The van der Waals surface area contributed by atoms with Crippen LogP contribution >= 0.6 is 12.6 Å². The van der Waals surface area contributed by atoms with Crippen molar-refractivity contribution >= 4 is 42.2 Å². The zero-order chi connectivity index (χ0) is 26.7. The minimum absolute atomic E-state index is 0.00941. The largest absolute Gasteiger partial charge is 0.508 e. The molecule has 0 aliphatic carbocycles. The number of amides is 4. The molecule has 0 aliphatic rings. The van der Waals surface area contributed by atoms with E-state index in [4.69, 9.17) is 11.5 Å². The minimum Gasteiger partial charge on any atom is -0.508 e. The first-order chi connectivity index (χ1) is 16.4. The zero-order valence-corrected chi connectivity index (χ0v) is 20.5. The van der Waals surface area contributed by atoms with Crippen molar-refractivity contribution in [3.8, 4) is 5.75 Å². The molecule has 0 spiro atoms. The van der Waals surface area contributed by atoms with Crippen molar-refractivity contribution in [3.05, 3.63) is 29.8 Å². The summed E-state index contributed by atoms with van der Waals surface area (Å²) in [6.45, 7) is 3.64. The van der Waals surface area contributed by atoms with Gasteiger partial charge in [0.2, 0.25) is 23.6 Å². The molecule has 194 valence electrons. The second kappa shape index (κ2) is 14.2. The molecule has 0 heterocycles. The smallest absolute Gasteiger partial charge is 0.326 e. The third-order valence-corrected chi connectivity index (χ3v) is 5.77. The van der Waals surface area contributed by atoms with Crippen molar-refractivity contribution in [1.82, 2.24) is 16.0 Å². The Bertz CT molecular complexity index is 912. The Labute approximate surface area is 208 Å². The summed E-state index contributed by atoms with van der Waals surface area (Å²) in [5.74, 6) is -4.91. The van der Waals surface area contributed by atoms with Crippen molar-refractivity contribution in [3.63, 3.8) is 0 Å². The molecule has 0 aromatic heterocycles. The number of benzene rings is 1. The minimum atomic E-state index is -1.50. The van der Waals surface area contributed by atoms with Crippen LogP contribution in [-0.2, 0) is 30.4 Å². The van der Waals surface area contributed by atoms with Gasteiger partial charge in [-0.2, -0.15) is 12.6 Å². The van der Waals surface area contributed by atoms with E-state index >= 15 is 0 Å². The fourth-order valence-corrected chi connectivity index (χ4v) is 3.25. The first-order valence-electron chi connectivity index (χ1n) is 11.0. The number of carboxylic acids is 1. The van der Waals surface area contributed by atoms with Crippen LogP contribution in [0.1, 0.15) is 32.3 Å². The highest BCUT2D eigenvalue weighted by molar-refractivity contribution is 7.80. The molecular weight excluding hydrogens is 478 g/mol. The topological polar surface area (TPSA) is 214 Å². The van der Waals surface area contributed by atoms with Gasteiger partial charge in [0.05, 0.1) is 12.5 Å². The van der Waals surface area contributed by atoms with E-state index < -0.39 is 60.2 Å². The molecular formula is C22H33N5O7S. The standard InChI is InChI=1S/C22H33N5O7S/c1-3-11(2)18(24)21(32)27-16(10-35)20(31)25-14(9-17(23)29)19(30)26-15(22(33)34)8-12-4-6-13(28)7-5-12/h4-7,11,14-16,18,28,35H,3,8-10,24H2,1-2H3,(H2,23,29)(H,25,31)(H,26,30)(H,27,32)(H,33,34). The Hall–Kier alpha value is -3.32. The number of aromatic hydroxyl groups is 1. The number of hydrogen-bond donors (Lipinski definition) is 8. The highest BCUT2D eigenvalue weighted by Crippen LogP contribution is 2.12. The quantitative estimate of drug-likeness (QED) is 0.139. The molecule has 0 fully saturated rings. The van der Waals surface area contributed by atoms with Gasteiger partial charge in [-0.15, -0.1) is 0 Å². The van der Waals surface area contributed by atoms with Gasteiger partial charge in [0, 0.05) is 12.2 Å². The van der Waals surface area contributed by atoms with Crippen LogP contribution in [0.3, 0.4) is 0 Å². The number of carbonyl (C=O) groups is 5. The second-order valence-electron chi connectivity index (χ2n) is 8.16. The second-order valence-corrected chi connectivity index (χ2v) is 8.52. The number of aliphatic carboxylic acids is 1. The summed E-state index contributed by atoms with van der Waals surface area (Å²) in [7, 11) is 0. The normalized spacial score (nSPS) is 15.1. The van der Waals surface area contributed by atoms with E-state index in [-0.39, 0.29) is 23.8 Å². The van der Waals surface area contributed by atoms with Crippen LogP contribution in [0.5, 0.6) is 5.75 Å². The molecule has 12 nitrogen and oxygen atoms in total. The number of phenolic OH excluding ortho intramolecular Hbond substituents is 1. The van der Waals surface area contributed by atoms with Crippen molar-refractivity contribution in [2.24, 2.45) is 17.4 Å². The van der Waals surface area contributed by atoms with Gasteiger partial charge < -0.3 is 37.6 Å². The van der Waals surface area contributed by atoms with Crippen LogP contribution in [0.4, 0.5) is 0 Å². The third kappa shape index (κ3) is 9.83. The van der Waals surface area contributed by atoms with Crippen LogP contribution in [0, 0.1) is 5.92 Å². The lowest BCUT2D eigenvalue weighted by Gasteiger charge is -2.25. The maximum absolute atomic E-state index is 12.8. The van der Waals surface area contributed by atoms with Crippen LogP contribution in [0.25, 0.3) is 0 Å². The molecule has 0 radical (unpaired) electrons. The summed E-state index contributed by atoms with van der Waals surface area (Å²) in [5, 5.41) is 25.9. The summed E-state index contributed by atoms with van der Waals surface area (Å²) in [4.78, 5) is 61.0. The predicted octanol–water partition coefficient (Wildman–Crippen LogP) is -1.35. The van der Waals surface area contributed by atoms with Crippen molar-refractivity contribution in [1.29, 1.82) is 0 Å². The highest BCUT2D eigenvalue weighted by Gasteiger charge is 2.31. The monoisotopic (exact) mass is 511 g/mol. The third-order valence-electron chi connectivity index (χ3n) is 5.40. The molecule has 35 heavy (non-hydrogen) atoms. The van der Waals surface area contributed by atoms with Gasteiger partial charge in [-0.25, -0.2) is 4.79 Å². The molecule has 9 N–H and O–H groups in total. The van der Waals surface area contributed by atoms with Crippen LogP contribution in [0.15, 0.2) is 24.3 Å². The lowest BCUT2D eigenvalue weighted by atomic mass is 9.99. The number of phenols is 1. The maximum Gasteiger partial charge on any atom is 0.326 e. The van der Waals surface area contributed by atoms with Crippen molar-refractivity contribution in [2.45, 2.75) is 57.3 Å². The molecule has 0 saturated heterocycles. The van der Waals surface area contributed by atoms with Crippen LogP contribution in [-0.4, -0.2) is 69.7 Å². The molecule has 1 rings (SSSR count). The number of hydrogen-bond acceptors (Lipinski definition) is 8. The van der Waals surface area contributed by atoms with Crippen LogP contribution in [0.2, 0.25) is 0 Å². The van der Waals surface area contributed by atoms with Gasteiger partial charge in [0.15, 0.2) is 0 Å². The summed E-state index contributed by atoms with van der Waals surface area (Å²) < 4.78 is 0. The number of rotatable bonds is 14. The predicted molar refractivity (Wildman–Crippen MR) is 130 cm³/mol. The molecule has 0 bridgehead atoms. The molecule has 0 aliphatic heterocycles. The number of primary amides is 1. The van der Waals surface area contributed by atoms with Gasteiger partial charge in [-0.3, -0.25) is 19.2 Å². The average Bonchev–Trinajstić information content (AvgIpc) is 2.81. The number of thiol groups is 1. The molecule has 5 unspecified atom stereocenters. The molecule has 1 aromatic carbocycles. The first-order valence-corrected chi connectivity index (χ1v) is 11.6. The van der Waals surface area contributed by atoms with E-state index in [1.807, 2.05) is 6.92 Å². The highest BCUT2D eigenvalue weighted by atomic mass is 32.1. The van der Waals surface area contributed by atoms with E-state index in [2.05, 4.69) is 28.6 Å². The van der Waals surface area contributed by atoms with Crippen molar-refractivity contribution in [2.75, 3.05) is 5.75 Å². The van der Waals surface area contributed by atoms with Crippen molar-refractivity contribution < 1.29 is 34.2 Å². The molecule has 13 heteroatoms. The van der Waals surface area contributed by atoms with Gasteiger partial charge in [0.25, 0.3) is 0 Å². The summed E-state index contributed by atoms with van der Waals surface area (Å²) in [6, 6.07) is 0.787. The lowest BCUT2D eigenvalue weighted by molar-refractivity contribution is -0.142. The fourth-order valence-electron chi connectivity index (χ4n) is 3.00. The fraction of sp³-hybridized carbons (Fsp3) is 0.500. The maximum atomic E-state index is 12.8. The number of nitrogens with one attached hydrogen (secondary N) is 3. The Balaban J connectivity index is 2.94. The number of carbonyl (C=O) groups excluding carboxylic acids is 4. The van der Waals surface area contributed by atoms with E-state index in [1.165, 1.54) is 24.3 Å². The molecule has 1 aromatic rings. The Morgan fingerprint density at radius 1 is 0.943 bits per heavy atom. The average molecular weight is 512 g/mol. The summed E-state index contributed by atoms with van der Waals surface area (Å²) >= 11 is 4.06. The molecule has 5 atom stereocenters.